The number of nitrogens with one attached hydrogen (secondary N) is 1. The van der Waals surface area contributed by atoms with E-state index < -0.39 is 0 Å². The molecule has 1 heterocycles. The topological polar surface area (TPSA) is 72.2 Å². The highest BCUT2D eigenvalue weighted by Gasteiger charge is 2.06. The molecule has 138 valence electrons. The molecule has 9 heteroatoms. The normalized spacial score (nSPS) is 11.1. The third-order valence-corrected chi connectivity index (χ3v) is 5.25. The molecule has 3 rings (SSSR count). The SMILES string of the molecule is Cn1cnnc1SCc1ccc(C(=O)N/N=C/c2ccc(Cl)cc2Cl)cc1. The molecule has 0 unspecified atom stereocenters. The lowest BCUT2D eigenvalue weighted by Gasteiger charge is -2.04. The number of halogens is 2. The largest absolute Gasteiger partial charge is 0.312 e. The van der Waals surface area contributed by atoms with Crippen LogP contribution in [0.1, 0.15) is 21.5 Å². The van der Waals surface area contributed by atoms with E-state index in [9.17, 15) is 4.79 Å². The number of hydrazone groups is 1. The number of nitrogens with zero attached hydrogens (tertiary/aromatic N) is 4. The summed E-state index contributed by atoms with van der Waals surface area (Å²) in [4.78, 5) is 12.2. The summed E-state index contributed by atoms with van der Waals surface area (Å²) in [5.41, 5.74) is 4.74. The third kappa shape index (κ3) is 5.32. The molecule has 0 saturated carbocycles. The maximum atomic E-state index is 12.2. The molecule has 6 nitrogen and oxygen atoms in total. The molecular formula is C18H15Cl2N5OS. The molecule has 0 aliphatic rings. The Morgan fingerprint density at radius 2 is 2.04 bits per heavy atom. The Hall–Kier alpha value is -2.35. The van der Waals surface area contributed by atoms with E-state index in [2.05, 4.69) is 20.7 Å². The van der Waals surface area contributed by atoms with Crippen molar-refractivity contribution in [2.75, 3.05) is 0 Å². The molecular weight excluding hydrogens is 405 g/mol. The molecule has 0 atom stereocenters. The zero-order chi connectivity index (χ0) is 19.2. The van der Waals surface area contributed by atoms with Gasteiger partial charge in [0.25, 0.3) is 5.91 Å². The number of carbonyl (C=O) groups is 1. The van der Waals surface area contributed by atoms with E-state index in [1.54, 1.807) is 48.4 Å². The van der Waals surface area contributed by atoms with E-state index in [4.69, 9.17) is 23.2 Å². The molecule has 1 N–H and O–H groups in total. The van der Waals surface area contributed by atoms with Crippen LogP contribution in [-0.4, -0.2) is 26.9 Å². The van der Waals surface area contributed by atoms with Crippen LogP contribution in [0.25, 0.3) is 0 Å². The van der Waals surface area contributed by atoms with Gasteiger partial charge in [-0.1, -0.05) is 53.2 Å². The van der Waals surface area contributed by atoms with Gasteiger partial charge in [-0.05, 0) is 29.8 Å². The van der Waals surface area contributed by atoms with Crippen molar-refractivity contribution in [2.45, 2.75) is 10.9 Å². The van der Waals surface area contributed by atoms with Gasteiger partial charge in [0, 0.05) is 29.0 Å². The number of benzene rings is 2. The summed E-state index contributed by atoms with van der Waals surface area (Å²) < 4.78 is 1.86. The second-order valence-electron chi connectivity index (χ2n) is 5.57. The van der Waals surface area contributed by atoms with E-state index >= 15 is 0 Å². The number of carbonyl (C=O) groups excluding carboxylic acids is 1. The standard InChI is InChI=1S/C18H15Cl2N5OS/c1-25-11-22-24-18(25)27-10-12-2-4-13(5-3-12)17(26)23-21-9-14-6-7-15(19)8-16(14)20/h2-9,11H,10H2,1H3,(H,23,26)/b21-9+. The highest BCUT2D eigenvalue weighted by Crippen LogP contribution is 2.20. The lowest BCUT2D eigenvalue weighted by molar-refractivity contribution is 0.0955. The highest BCUT2D eigenvalue weighted by atomic mass is 35.5. The molecule has 27 heavy (non-hydrogen) atoms. The van der Waals surface area contributed by atoms with Crippen molar-refractivity contribution in [1.82, 2.24) is 20.2 Å². The Balaban J connectivity index is 1.55. The van der Waals surface area contributed by atoms with Crippen LogP contribution in [0.5, 0.6) is 0 Å². The molecule has 0 bridgehead atoms. The zero-order valence-corrected chi connectivity index (χ0v) is 16.6. The smallest absolute Gasteiger partial charge is 0.271 e. The quantitative estimate of drug-likeness (QED) is 0.369. The van der Waals surface area contributed by atoms with Gasteiger partial charge in [0.05, 0.1) is 11.2 Å². The van der Waals surface area contributed by atoms with Crippen LogP contribution < -0.4 is 5.43 Å². The first-order valence-corrected chi connectivity index (χ1v) is 9.61. The molecule has 0 saturated heterocycles. The van der Waals surface area contributed by atoms with Gasteiger partial charge in [-0.2, -0.15) is 5.10 Å². The second-order valence-corrected chi connectivity index (χ2v) is 7.36. The molecule has 3 aromatic rings. The fourth-order valence-corrected chi connectivity index (χ4v) is 3.44. The number of aryl methyl sites for hydroxylation is 1. The van der Waals surface area contributed by atoms with Gasteiger partial charge in [-0.3, -0.25) is 4.79 Å². The Bertz CT molecular complexity index is 972. The Morgan fingerprint density at radius 1 is 1.26 bits per heavy atom. The fourth-order valence-electron chi connectivity index (χ4n) is 2.13. The van der Waals surface area contributed by atoms with Gasteiger partial charge < -0.3 is 4.57 Å². The van der Waals surface area contributed by atoms with Crippen molar-refractivity contribution in [3.8, 4) is 0 Å². The molecule has 0 spiro atoms. The van der Waals surface area contributed by atoms with Crippen LogP contribution in [0.4, 0.5) is 0 Å². The van der Waals surface area contributed by atoms with Crippen LogP contribution in [0.15, 0.2) is 59.0 Å². The molecule has 0 fully saturated rings. The van der Waals surface area contributed by atoms with E-state index in [0.29, 0.717) is 21.2 Å². The molecule has 2 aromatic carbocycles. The fraction of sp³-hybridized carbons (Fsp3) is 0.111. The average molecular weight is 420 g/mol. The maximum absolute atomic E-state index is 12.2. The van der Waals surface area contributed by atoms with E-state index in [0.717, 1.165) is 16.5 Å². The molecule has 0 aliphatic carbocycles. The van der Waals surface area contributed by atoms with Gasteiger partial charge in [0.1, 0.15) is 6.33 Å². The third-order valence-electron chi connectivity index (χ3n) is 3.59. The van der Waals surface area contributed by atoms with Crippen LogP contribution in [0.2, 0.25) is 10.0 Å². The lowest BCUT2D eigenvalue weighted by Crippen LogP contribution is -2.17. The number of rotatable bonds is 6. The monoisotopic (exact) mass is 419 g/mol. The summed E-state index contributed by atoms with van der Waals surface area (Å²) in [7, 11) is 1.90. The van der Waals surface area contributed by atoms with Crippen molar-refractivity contribution in [2.24, 2.45) is 12.1 Å². The summed E-state index contributed by atoms with van der Waals surface area (Å²) >= 11 is 13.5. The first-order valence-electron chi connectivity index (χ1n) is 7.87. The van der Waals surface area contributed by atoms with E-state index in [1.807, 2.05) is 23.7 Å². The van der Waals surface area contributed by atoms with Crippen LogP contribution >= 0.6 is 35.0 Å². The number of hydrogen-bond acceptors (Lipinski definition) is 5. The number of amides is 1. The minimum Gasteiger partial charge on any atom is -0.312 e. The summed E-state index contributed by atoms with van der Waals surface area (Å²) in [6.07, 6.45) is 3.13. The Kier molecular flexibility index (Phi) is 6.49. The predicted molar refractivity (Wildman–Crippen MR) is 109 cm³/mol. The van der Waals surface area contributed by atoms with Gasteiger partial charge in [0.15, 0.2) is 5.16 Å². The van der Waals surface area contributed by atoms with Gasteiger partial charge in [-0.25, -0.2) is 5.43 Å². The van der Waals surface area contributed by atoms with Crippen molar-refractivity contribution < 1.29 is 4.79 Å². The minimum atomic E-state index is -0.302. The van der Waals surface area contributed by atoms with Gasteiger partial charge in [-0.15, -0.1) is 10.2 Å². The maximum Gasteiger partial charge on any atom is 0.271 e. The van der Waals surface area contributed by atoms with Crippen molar-refractivity contribution in [3.63, 3.8) is 0 Å². The molecule has 0 aliphatic heterocycles. The van der Waals surface area contributed by atoms with Gasteiger partial charge >= 0.3 is 0 Å². The van der Waals surface area contributed by atoms with Crippen molar-refractivity contribution in [3.05, 3.63) is 75.5 Å². The number of hydrogen-bond donors (Lipinski definition) is 1. The highest BCUT2D eigenvalue weighted by molar-refractivity contribution is 7.98. The molecule has 0 radical (unpaired) electrons. The van der Waals surface area contributed by atoms with Crippen molar-refractivity contribution in [1.29, 1.82) is 0 Å². The number of thioether (sulfide) groups is 1. The summed E-state index contributed by atoms with van der Waals surface area (Å²) in [6.45, 7) is 0. The summed E-state index contributed by atoms with van der Waals surface area (Å²) in [5, 5.41) is 13.6. The Labute approximate surface area is 170 Å². The minimum absolute atomic E-state index is 0.302. The summed E-state index contributed by atoms with van der Waals surface area (Å²) in [6, 6.07) is 12.4. The molecule has 1 amide bonds. The van der Waals surface area contributed by atoms with Gasteiger partial charge in [0.2, 0.25) is 0 Å². The lowest BCUT2D eigenvalue weighted by atomic mass is 10.1. The van der Waals surface area contributed by atoms with Crippen LogP contribution in [0.3, 0.4) is 0 Å². The molecule has 1 aromatic heterocycles. The van der Waals surface area contributed by atoms with E-state index in [1.165, 1.54) is 6.21 Å². The zero-order valence-electron chi connectivity index (χ0n) is 14.3. The second kappa shape index (κ2) is 9.03. The average Bonchev–Trinajstić information content (AvgIpc) is 3.07. The summed E-state index contributed by atoms with van der Waals surface area (Å²) in [5.74, 6) is 0.436. The first kappa shape index (κ1) is 19.4. The number of aromatic nitrogens is 3. The van der Waals surface area contributed by atoms with Crippen LogP contribution in [0, 0.1) is 0 Å². The first-order chi connectivity index (χ1) is 13.0. The van der Waals surface area contributed by atoms with Crippen LogP contribution in [-0.2, 0) is 12.8 Å². The van der Waals surface area contributed by atoms with E-state index in [-0.39, 0.29) is 5.91 Å². The van der Waals surface area contributed by atoms with Crippen molar-refractivity contribution >= 4 is 47.1 Å². The Morgan fingerprint density at radius 3 is 2.70 bits per heavy atom. The predicted octanol–water partition coefficient (Wildman–Crippen LogP) is 4.18.